The van der Waals surface area contributed by atoms with Crippen molar-refractivity contribution in [3.63, 3.8) is 0 Å². The molecule has 0 aromatic heterocycles. The van der Waals surface area contributed by atoms with Crippen molar-refractivity contribution in [1.82, 2.24) is 5.32 Å². The summed E-state index contributed by atoms with van der Waals surface area (Å²) in [6, 6.07) is 0.977. The number of aliphatic hydroxyl groups excluding tert-OH is 1. The summed E-state index contributed by atoms with van der Waals surface area (Å²) in [7, 11) is 0. The monoisotopic (exact) mass is 129 g/mol. The van der Waals surface area contributed by atoms with Crippen LogP contribution in [0, 0.1) is 0 Å². The standard InChI is InChI=1S/C7H15NO/c1-6-3-2-4-7(5-9)8-6/h6-9H,2-5H2,1H3/t6-,7+/m0/s1. The van der Waals surface area contributed by atoms with E-state index in [1.807, 2.05) is 0 Å². The summed E-state index contributed by atoms with van der Waals surface area (Å²) in [4.78, 5) is 0. The largest absolute Gasteiger partial charge is 0.395 e. The molecule has 0 saturated carbocycles. The van der Waals surface area contributed by atoms with Gasteiger partial charge in [0.15, 0.2) is 0 Å². The zero-order chi connectivity index (χ0) is 6.69. The molecule has 2 atom stereocenters. The first kappa shape index (κ1) is 7.03. The van der Waals surface area contributed by atoms with Crippen LogP contribution in [0.1, 0.15) is 26.2 Å². The molecule has 0 unspecified atom stereocenters. The van der Waals surface area contributed by atoms with Crippen LogP contribution < -0.4 is 5.32 Å². The van der Waals surface area contributed by atoms with Crippen LogP contribution >= 0.6 is 0 Å². The Morgan fingerprint density at radius 1 is 1.56 bits per heavy atom. The van der Waals surface area contributed by atoms with Gasteiger partial charge in [-0.1, -0.05) is 6.42 Å². The molecule has 2 heteroatoms. The van der Waals surface area contributed by atoms with Gasteiger partial charge in [0.05, 0.1) is 6.61 Å². The summed E-state index contributed by atoms with van der Waals surface area (Å²) in [6.07, 6.45) is 3.66. The molecule has 1 saturated heterocycles. The fraction of sp³-hybridized carbons (Fsp3) is 1.00. The van der Waals surface area contributed by atoms with Crippen molar-refractivity contribution in [3.05, 3.63) is 0 Å². The van der Waals surface area contributed by atoms with Gasteiger partial charge in [-0.3, -0.25) is 0 Å². The van der Waals surface area contributed by atoms with E-state index in [9.17, 15) is 0 Å². The molecule has 1 aliphatic heterocycles. The highest BCUT2D eigenvalue weighted by Gasteiger charge is 2.15. The smallest absolute Gasteiger partial charge is 0.0584 e. The molecular weight excluding hydrogens is 114 g/mol. The number of hydrogen-bond acceptors (Lipinski definition) is 2. The van der Waals surface area contributed by atoms with E-state index in [2.05, 4.69) is 12.2 Å². The van der Waals surface area contributed by atoms with Gasteiger partial charge < -0.3 is 10.4 Å². The molecule has 2 nitrogen and oxygen atoms in total. The molecule has 9 heavy (non-hydrogen) atoms. The lowest BCUT2D eigenvalue weighted by atomic mass is 10.0. The number of rotatable bonds is 1. The number of hydrogen-bond donors (Lipinski definition) is 2. The number of aliphatic hydroxyl groups is 1. The van der Waals surface area contributed by atoms with Gasteiger partial charge in [0.25, 0.3) is 0 Å². The fourth-order valence-corrected chi connectivity index (χ4v) is 1.38. The third-order valence-corrected chi connectivity index (χ3v) is 1.93. The van der Waals surface area contributed by atoms with Gasteiger partial charge in [-0.05, 0) is 19.8 Å². The lowest BCUT2D eigenvalue weighted by Crippen LogP contribution is -2.42. The average molecular weight is 129 g/mol. The van der Waals surface area contributed by atoms with Crippen molar-refractivity contribution in [2.24, 2.45) is 0 Å². The Labute approximate surface area is 56.3 Å². The van der Waals surface area contributed by atoms with Crippen LogP contribution in [0.4, 0.5) is 0 Å². The van der Waals surface area contributed by atoms with E-state index in [1.54, 1.807) is 0 Å². The van der Waals surface area contributed by atoms with Crippen LogP contribution in [0.25, 0.3) is 0 Å². The molecule has 1 heterocycles. The second-order valence-corrected chi connectivity index (χ2v) is 2.88. The Morgan fingerprint density at radius 2 is 2.33 bits per heavy atom. The van der Waals surface area contributed by atoms with E-state index < -0.39 is 0 Å². The summed E-state index contributed by atoms with van der Waals surface area (Å²) in [5.41, 5.74) is 0. The molecule has 2 N–H and O–H groups in total. The third-order valence-electron chi connectivity index (χ3n) is 1.93. The molecule has 1 rings (SSSR count). The first-order valence-corrected chi connectivity index (χ1v) is 3.70. The highest BCUT2D eigenvalue weighted by molar-refractivity contribution is 4.76. The summed E-state index contributed by atoms with van der Waals surface area (Å²) in [6.45, 7) is 2.46. The normalized spacial score (nSPS) is 36.7. The van der Waals surface area contributed by atoms with E-state index in [0.29, 0.717) is 18.7 Å². The average Bonchev–Trinajstić information content (AvgIpc) is 1.88. The minimum absolute atomic E-state index is 0.296. The molecule has 0 aromatic carbocycles. The zero-order valence-corrected chi connectivity index (χ0v) is 5.93. The molecule has 0 spiro atoms. The van der Waals surface area contributed by atoms with Gasteiger partial charge in [-0.15, -0.1) is 0 Å². The molecule has 54 valence electrons. The maximum absolute atomic E-state index is 8.75. The van der Waals surface area contributed by atoms with Gasteiger partial charge in [-0.2, -0.15) is 0 Å². The molecular formula is C7H15NO. The zero-order valence-electron chi connectivity index (χ0n) is 5.93. The van der Waals surface area contributed by atoms with Crippen LogP contribution in [0.3, 0.4) is 0 Å². The number of nitrogens with one attached hydrogen (secondary N) is 1. The SMILES string of the molecule is C[C@H]1CCC[C@H](CO)N1. The Bertz CT molecular complexity index is 85.0. The van der Waals surface area contributed by atoms with Gasteiger partial charge in [-0.25, -0.2) is 0 Å². The molecule has 0 bridgehead atoms. The molecule has 0 amide bonds. The molecule has 0 aromatic rings. The van der Waals surface area contributed by atoms with Gasteiger partial charge in [0.2, 0.25) is 0 Å². The highest BCUT2D eigenvalue weighted by Crippen LogP contribution is 2.10. The molecule has 0 aliphatic carbocycles. The van der Waals surface area contributed by atoms with E-state index in [4.69, 9.17) is 5.11 Å². The summed E-state index contributed by atoms with van der Waals surface area (Å²) >= 11 is 0. The highest BCUT2D eigenvalue weighted by atomic mass is 16.3. The Morgan fingerprint density at radius 3 is 2.78 bits per heavy atom. The van der Waals surface area contributed by atoms with E-state index in [1.165, 1.54) is 12.8 Å². The van der Waals surface area contributed by atoms with E-state index in [-0.39, 0.29) is 0 Å². The maximum atomic E-state index is 8.75. The third kappa shape index (κ3) is 1.95. The van der Waals surface area contributed by atoms with Crippen molar-refractivity contribution < 1.29 is 5.11 Å². The Kier molecular flexibility index (Phi) is 2.49. The minimum Gasteiger partial charge on any atom is -0.395 e. The maximum Gasteiger partial charge on any atom is 0.0584 e. The predicted molar refractivity (Wildman–Crippen MR) is 37.3 cm³/mol. The number of piperidine rings is 1. The molecule has 1 aliphatic rings. The van der Waals surface area contributed by atoms with Crippen LogP contribution in [-0.4, -0.2) is 23.8 Å². The van der Waals surface area contributed by atoms with Crippen molar-refractivity contribution in [3.8, 4) is 0 Å². The minimum atomic E-state index is 0.296. The van der Waals surface area contributed by atoms with Crippen molar-refractivity contribution in [2.75, 3.05) is 6.61 Å². The van der Waals surface area contributed by atoms with Crippen LogP contribution in [-0.2, 0) is 0 Å². The summed E-state index contributed by atoms with van der Waals surface area (Å²) in [5, 5.41) is 12.1. The first-order chi connectivity index (χ1) is 4.33. The van der Waals surface area contributed by atoms with E-state index in [0.717, 1.165) is 6.42 Å². The predicted octanol–water partition coefficient (Wildman–Crippen LogP) is 0.509. The van der Waals surface area contributed by atoms with Crippen molar-refractivity contribution in [1.29, 1.82) is 0 Å². The van der Waals surface area contributed by atoms with Crippen LogP contribution in [0.15, 0.2) is 0 Å². The van der Waals surface area contributed by atoms with Gasteiger partial charge >= 0.3 is 0 Å². The van der Waals surface area contributed by atoms with Crippen molar-refractivity contribution in [2.45, 2.75) is 38.3 Å². The van der Waals surface area contributed by atoms with Gasteiger partial charge in [0, 0.05) is 12.1 Å². The quantitative estimate of drug-likeness (QED) is 0.540. The lowest BCUT2D eigenvalue weighted by molar-refractivity contribution is 0.202. The van der Waals surface area contributed by atoms with Crippen molar-refractivity contribution >= 4 is 0 Å². The first-order valence-electron chi connectivity index (χ1n) is 3.70. The Hall–Kier alpha value is -0.0800. The second kappa shape index (κ2) is 3.18. The Balaban J connectivity index is 2.23. The fourth-order valence-electron chi connectivity index (χ4n) is 1.38. The van der Waals surface area contributed by atoms with Crippen LogP contribution in [0.2, 0.25) is 0 Å². The summed E-state index contributed by atoms with van der Waals surface area (Å²) < 4.78 is 0. The second-order valence-electron chi connectivity index (χ2n) is 2.88. The molecule has 0 radical (unpaired) electrons. The van der Waals surface area contributed by atoms with E-state index >= 15 is 0 Å². The summed E-state index contributed by atoms with van der Waals surface area (Å²) in [5.74, 6) is 0. The lowest BCUT2D eigenvalue weighted by Gasteiger charge is -2.26. The topological polar surface area (TPSA) is 32.3 Å². The van der Waals surface area contributed by atoms with Gasteiger partial charge in [0.1, 0.15) is 0 Å². The molecule has 1 fully saturated rings. The van der Waals surface area contributed by atoms with Crippen LogP contribution in [0.5, 0.6) is 0 Å².